The van der Waals surface area contributed by atoms with Gasteiger partial charge < -0.3 is 10.3 Å². The molecule has 0 atom stereocenters. The number of aromatic amines is 1. The number of H-pyrrole nitrogens is 1. The lowest BCUT2D eigenvalue weighted by Gasteiger charge is -2.02. The normalized spacial score (nSPS) is 11.0. The highest BCUT2D eigenvalue weighted by Crippen LogP contribution is 2.26. The molecule has 0 fully saturated rings. The van der Waals surface area contributed by atoms with E-state index < -0.39 is 0 Å². The van der Waals surface area contributed by atoms with Gasteiger partial charge in [0, 0.05) is 27.3 Å². The maximum absolute atomic E-state index is 4.56. The van der Waals surface area contributed by atoms with Crippen LogP contribution in [-0.2, 0) is 0 Å². The Morgan fingerprint density at radius 2 is 2.09 bits per heavy atom. The highest BCUT2D eigenvalue weighted by molar-refractivity contribution is 9.10. The molecule has 0 saturated carbocycles. The van der Waals surface area contributed by atoms with E-state index in [2.05, 4.69) is 42.3 Å². The second-order valence-electron chi connectivity index (χ2n) is 4.79. The summed E-state index contributed by atoms with van der Waals surface area (Å²) in [4.78, 5) is 12.2. The maximum Gasteiger partial charge on any atom is 0.205 e. The lowest BCUT2D eigenvalue weighted by atomic mass is 10.2. The fraction of sp³-hybridized carbons (Fsp3) is 0. The largest absolute Gasteiger partial charge is 0.326 e. The Labute approximate surface area is 139 Å². The first-order valence-corrected chi connectivity index (χ1v) is 8.37. The number of hydrogen-bond acceptors (Lipinski definition) is 4. The molecule has 108 valence electrons. The van der Waals surface area contributed by atoms with Crippen molar-refractivity contribution >= 4 is 49.9 Å². The van der Waals surface area contributed by atoms with Crippen LogP contribution in [0.2, 0.25) is 0 Å². The second kappa shape index (κ2) is 5.55. The summed E-state index contributed by atoms with van der Waals surface area (Å²) in [5, 5.41) is 6.27. The third-order valence-electron chi connectivity index (χ3n) is 3.25. The summed E-state index contributed by atoms with van der Waals surface area (Å²) >= 11 is 5.09. The quantitative estimate of drug-likeness (QED) is 0.521. The van der Waals surface area contributed by atoms with Crippen LogP contribution in [0.5, 0.6) is 0 Å². The van der Waals surface area contributed by atoms with Crippen LogP contribution in [0.1, 0.15) is 0 Å². The third kappa shape index (κ3) is 2.63. The van der Waals surface area contributed by atoms with Crippen LogP contribution in [0.4, 0.5) is 11.6 Å². The lowest BCUT2D eigenvalue weighted by molar-refractivity contribution is 1.31. The number of hydrogen-bond donors (Lipinski definition) is 2. The summed E-state index contributed by atoms with van der Waals surface area (Å²) in [6, 6.07) is 14.1. The summed E-state index contributed by atoms with van der Waals surface area (Å²) in [5.74, 6) is 0.726. The SMILES string of the molecule is Brc1cccc(Nc2nc3ccc(-c4nccs4)cc3[nH]2)c1. The van der Waals surface area contributed by atoms with Crippen LogP contribution in [0, 0.1) is 0 Å². The zero-order chi connectivity index (χ0) is 14.9. The van der Waals surface area contributed by atoms with E-state index >= 15 is 0 Å². The summed E-state index contributed by atoms with van der Waals surface area (Å²) in [6.45, 7) is 0. The molecule has 4 nitrogen and oxygen atoms in total. The molecule has 2 aromatic heterocycles. The molecule has 0 saturated heterocycles. The minimum Gasteiger partial charge on any atom is -0.326 e. The van der Waals surface area contributed by atoms with E-state index in [0.29, 0.717) is 0 Å². The summed E-state index contributed by atoms with van der Waals surface area (Å²) in [6.07, 6.45) is 1.82. The van der Waals surface area contributed by atoms with Gasteiger partial charge >= 0.3 is 0 Å². The average Bonchev–Trinajstić information content (AvgIpc) is 3.15. The van der Waals surface area contributed by atoms with Gasteiger partial charge in [0.25, 0.3) is 0 Å². The topological polar surface area (TPSA) is 53.6 Å². The van der Waals surface area contributed by atoms with E-state index in [1.807, 2.05) is 48.0 Å². The molecule has 0 spiro atoms. The third-order valence-corrected chi connectivity index (χ3v) is 4.56. The average molecular weight is 371 g/mol. The number of fused-ring (bicyclic) bond motifs is 1. The molecule has 2 aromatic carbocycles. The van der Waals surface area contributed by atoms with Gasteiger partial charge in [-0.25, -0.2) is 9.97 Å². The Morgan fingerprint density at radius 1 is 1.14 bits per heavy atom. The molecule has 0 amide bonds. The maximum atomic E-state index is 4.56. The van der Waals surface area contributed by atoms with Crippen molar-refractivity contribution in [1.29, 1.82) is 0 Å². The molecule has 2 heterocycles. The van der Waals surface area contributed by atoms with Gasteiger partial charge in [-0.1, -0.05) is 22.0 Å². The number of aromatic nitrogens is 3. The molecule has 6 heteroatoms. The van der Waals surface area contributed by atoms with E-state index in [1.165, 1.54) is 0 Å². The highest BCUT2D eigenvalue weighted by atomic mass is 79.9. The van der Waals surface area contributed by atoms with Gasteiger partial charge in [-0.15, -0.1) is 11.3 Å². The van der Waals surface area contributed by atoms with E-state index in [0.717, 1.165) is 37.7 Å². The number of benzene rings is 2. The van der Waals surface area contributed by atoms with Crippen LogP contribution < -0.4 is 5.32 Å². The standard InChI is InChI=1S/C16H11BrN4S/c17-11-2-1-3-12(9-11)19-16-20-13-5-4-10(8-14(13)21-16)15-18-6-7-22-15/h1-9H,(H2,19,20,21). The number of imidazole rings is 1. The van der Waals surface area contributed by atoms with Crippen LogP contribution >= 0.6 is 27.3 Å². The van der Waals surface area contributed by atoms with Crippen LogP contribution in [0.25, 0.3) is 21.6 Å². The van der Waals surface area contributed by atoms with Gasteiger partial charge in [0.2, 0.25) is 5.95 Å². The minimum atomic E-state index is 0.726. The first-order chi connectivity index (χ1) is 10.8. The lowest BCUT2D eigenvalue weighted by Crippen LogP contribution is -1.91. The van der Waals surface area contributed by atoms with Crippen LogP contribution in [0.15, 0.2) is 58.5 Å². The second-order valence-corrected chi connectivity index (χ2v) is 6.60. The zero-order valence-corrected chi connectivity index (χ0v) is 13.8. The fourth-order valence-corrected chi connectivity index (χ4v) is 3.31. The number of thiazole rings is 1. The summed E-state index contributed by atoms with van der Waals surface area (Å²) in [5.41, 5.74) is 4.00. The van der Waals surface area contributed by atoms with Gasteiger partial charge in [-0.3, -0.25) is 0 Å². The van der Waals surface area contributed by atoms with Crippen LogP contribution in [0.3, 0.4) is 0 Å². The monoisotopic (exact) mass is 370 g/mol. The number of nitrogens with one attached hydrogen (secondary N) is 2. The van der Waals surface area contributed by atoms with Crippen molar-refractivity contribution in [2.24, 2.45) is 0 Å². The van der Waals surface area contributed by atoms with Gasteiger partial charge in [-0.2, -0.15) is 0 Å². The van der Waals surface area contributed by atoms with E-state index in [9.17, 15) is 0 Å². The molecule has 0 aliphatic rings. The van der Waals surface area contributed by atoms with Crippen LogP contribution in [-0.4, -0.2) is 15.0 Å². The highest BCUT2D eigenvalue weighted by Gasteiger charge is 2.06. The van der Waals surface area contributed by atoms with Crippen molar-refractivity contribution < 1.29 is 0 Å². The molecule has 2 N–H and O–H groups in total. The van der Waals surface area contributed by atoms with Crippen molar-refractivity contribution in [3.05, 3.63) is 58.5 Å². The van der Waals surface area contributed by atoms with Crippen molar-refractivity contribution in [3.63, 3.8) is 0 Å². The number of rotatable bonds is 3. The van der Waals surface area contributed by atoms with E-state index in [-0.39, 0.29) is 0 Å². The summed E-state index contributed by atoms with van der Waals surface area (Å²) < 4.78 is 1.03. The molecule has 0 unspecified atom stereocenters. The van der Waals surface area contributed by atoms with Gasteiger partial charge in [0.1, 0.15) is 5.01 Å². The molecule has 4 rings (SSSR count). The summed E-state index contributed by atoms with van der Waals surface area (Å²) in [7, 11) is 0. The molecular weight excluding hydrogens is 360 g/mol. The molecule has 0 aliphatic heterocycles. The Balaban J connectivity index is 1.68. The first-order valence-electron chi connectivity index (χ1n) is 6.70. The van der Waals surface area contributed by atoms with Crippen molar-refractivity contribution in [2.75, 3.05) is 5.32 Å². The predicted octanol–water partition coefficient (Wildman–Crippen LogP) is 5.19. The number of anilines is 2. The van der Waals surface area contributed by atoms with Crippen molar-refractivity contribution in [1.82, 2.24) is 15.0 Å². The molecule has 0 bridgehead atoms. The Kier molecular flexibility index (Phi) is 3.40. The van der Waals surface area contributed by atoms with Gasteiger partial charge in [0.15, 0.2) is 0 Å². The molecule has 0 aliphatic carbocycles. The molecule has 22 heavy (non-hydrogen) atoms. The Morgan fingerprint density at radius 3 is 2.91 bits per heavy atom. The minimum absolute atomic E-state index is 0.726. The fourth-order valence-electron chi connectivity index (χ4n) is 2.27. The van der Waals surface area contributed by atoms with Crippen molar-refractivity contribution in [3.8, 4) is 10.6 Å². The Hall–Kier alpha value is -2.18. The smallest absolute Gasteiger partial charge is 0.205 e. The van der Waals surface area contributed by atoms with E-state index in [4.69, 9.17) is 0 Å². The number of halogens is 1. The molecule has 4 aromatic rings. The molecule has 0 radical (unpaired) electrons. The van der Waals surface area contributed by atoms with Gasteiger partial charge in [-0.05, 0) is 36.4 Å². The first kappa shape index (κ1) is 13.5. The number of nitrogens with zero attached hydrogens (tertiary/aromatic N) is 2. The zero-order valence-electron chi connectivity index (χ0n) is 11.4. The van der Waals surface area contributed by atoms with E-state index in [1.54, 1.807) is 11.3 Å². The molecular formula is C16H11BrN4S. The predicted molar refractivity (Wildman–Crippen MR) is 94.6 cm³/mol. The van der Waals surface area contributed by atoms with Crippen molar-refractivity contribution in [2.45, 2.75) is 0 Å². The van der Waals surface area contributed by atoms with Gasteiger partial charge in [0.05, 0.1) is 11.0 Å². The Bertz CT molecular complexity index is 930.